The molecule has 0 unspecified atom stereocenters. The summed E-state index contributed by atoms with van der Waals surface area (Å²) in [5.74, 6) is 0.113. The van der Waals surface area contributed by atoms with Crippen molar-refractivity contribution in [2.75, 3.05) is 12.4 Å². The predicted octanol–water partition coefficient (Wildman–Crippen LogP) is 2.87. The first kappa shape index (κ1) is 15.7. The average molecular weight is 328 g/mol. The number of hydrogen-bond donors (Lipinski definition) is 1. The molecule has 1 aliphatic rings. The molecule has 1 N–H and O–H groups in total. The van der Waals surface area contributed by atoms with Crippen LogP contribution in [0.5, 0.6) is 0 Å². The lowest BCUT2D eigenvalue weighted by Crippen LogP contribution is -2.37. The van der Waals surface area contributed by atoms with E-state index in [0.29, 0.717) is 12.8 Å². The Balaban J connectivity index is 1.62. The maximum absolute atomic E-state index is 12.5. The minimum atomic E-state index is 0.0185. The summed E-state index contributed by atoms with van der Waals surface area (Å²) >= 11 is 1.68. The second kappa shape index (κ2) is 6.54. The smallest absolute Gasteiger partial charge is 0.228 e. The Hall–Kier alpha value is -2.14. The fourth-order valence-corrected chi connectivity index (χ4v) is 3.48. The van der Waals surface area contributed by atoms with Gasteiger partial charge in [0.2, 0.25) is 11.8 Å². The van der Waals surface area contributed by atoms with Crippen LogP contribution in [0, 0.1) is 0 Å². The number of rotatable bonds is 5. The Bertz CT molecular complexity index is 725. The van der Waals surface area contributed by atoms with Gasteiger partial charge in [0, 0.05) is 18.8 Å². The number of amides is 2. The topological polar surface area (TPSA) is 49.4 Å². The first-order valence-electron chi connectivity index (χ1n) is 7.71. The summed E-state index contributed by atoms with van der Waals surface area (Å²) in [5, 5.41) is 7.01. The molecule has 0 aliphatic carbocycles. The van der Waals surface area contributed by atoms with Crippen molar-refractivity contribution in [3.8, 4) is 0 Å². The Kier molecular flexibility index (Phi) is 4.48. The monoisotopic (exact) mass is 328 g/mol. The van der Waals surface area contributed by atoms with E-state index in [0.717, 1.165) is 23.2 Å². The van der Waals surface area contributed by atoms with Gasteiger partial charge in [-0.3, -0.25) is 9.59 Å². The Morgan fingerprint density at radius 2 is 2.17 bits per heavy atom. The maximum Gasteiger partial charge on any atom is 0.228 e. The van der Waals surface area contributed by atoms with Gasteiger partial charge in [0.1, 0.15) is 0 Å². The van der Waals surface area contributed by atoms with Gasteiger partial charge in [0.05, 0.1) is 12.8 Å². The number of hydrogen-bond acceptors (Lipinski definition) is 3. The standard InChI is InChI=1S/C18H20N2O2S/c1-12(7-14-5-6-23-11-14)20(2)18(22)9-13-3-4-15-10-17(21)19-16(15)8-13/h3-6,8,11-12H,7,9-10H2,1-2H3,(H,19,21)/t12-/m1/s1. The van der Waals surface area contributed by atoms with E-state index in [1.807, 2.05) is 30.1 Å². The molecule has 0 bridgehead atoms. The van der Waals surface area contributed by atoms with Crippen LogP contribution in [0.25, 0.3) is 0 Å². The van der Waals surface area contributed by atoms with E-state index in [9.17, 15) is 9.59 Å². The van der Waals surface area contributed by atoms with Gasteiger partial charge in [-0.15, -0.1) is 0 Å². The Morgan fingerprint density at radius 1 is 1.35 bits per heavy atom. The summed E-state index contributed by atoms with van der Waals surface area (Å²) in [6, 6.07) is 8.04. The van der Waals surface area contributed by atoms with Crippen LogP contribution in [-0.4, -0.2) is 29.8 Å². The highest BCUT2D eigenvalue weighted by Crippen LogP contribution is 2.24. The van der Waals surface area contributed by atoms with Crippen LogP contribution >= 0.6 is 11.3 Å². The molecule has 0 saturated heterocycles. The van der Waals surface area contributed by atoms with Gasteiger partial charge < -0.3 is 10.2 Å². The van der Waals surface area contributed by atoms with E-state index in [1.165, 1.54) is 5.56 Å². The van der Waals surface area contributed by atoms with Crippen LogP contribution in [0.1, 0.15) is 23.6 Å². The number of benzene rings is 1. The van der Waals surface area contributed by atoms with Crippen LogP contribution in [0.3, 0.4) is 0 Å². The largest absolute Gasteiger partial charge is 0.342 e. The highest BCUT2D eigenvalue weighted by Gasteiger charge is 2.20. The van der Waals surface area contributed by atoms with E-state index in [1.54, 1.807) is 11.3 Å². The highest BCUT2D eigenvalue weighted by atomic mass is 32.1. The van der Waals surface area contributed by atoms with Gasteiger partial charge in [0.25, 0.3) is 0 Å². The number of thiophene rings is 1. The molecule has 3 rings (SSSR count). The molecule has 120 valence electrons. The molecule has 23 heavy (non-hydrogen) atoms. The van der Waals surface area contributed by atoms with Crippen molar-refractivity contribution in [1.29, 1.82) is 0 Å². The molecule has 0 spiro atoms. The lowest BCUT2D eigenvalue weighted by atomic mass is 10.0. The number of nitrogens with zero attached hydrogens (tertiary/aromatic N) is 1. The number of carbonyl (C=O) groups excluding carboxylic acids is 2. The molecule has 2 aromatic rings. The number of likely N-dealkylation sites (N-methyl/N-ethyl adjacent to an activating group) is 1. The van der Waals surface area contributed by atoms with Crippen molar-refractivity contribution in [3.05, 3.63) is 51.7 Å². The number of nitrogens with one attached hydrogen (secondary N) is 1. The summed E-state index contributed by atoms with van der Waals surface area (Å²) in [4.78, 5) is 25.7. The van der Waals surface area contributed by atoms with Crippen molar-refractivity contribution in [3.63, 3.8) is 0 Å². The second-order valence-electron chi connectivity index (χ2n) is 6.08. The molecule has 2 amide bonds. The second-order valence-corrected chi connectivity index (χ2v) is 6.86. The van der Waals surface area contributed by atoms with Crippen molar-refractivity contribution in [2.45, 2.75) is 32.2 Å². The van der Waals surface area contributed by atoms with Crippen molar-refractivity contribution >= 4 is 28.8 Å². The molecular formula is C18H20N2O2S. The molecule has 0 fully saturated rings. The molecule has 2 heterocycles. The number of carbonyl (C=O) groups is 2. The lowest BCUT2D eigenvalue weighted by Gasteiger charge is -2.25. The first-order valence-corrected chi connectivity index (χ1v) is 8.65. The molecule has 0 saturated carbocycles. The molecule has 4 nitrogen and oxygen atoms in total. The highest BCUT2D eigenvalue weighted by molar-refractivity contribution is 7.07. The minimum Gasteiger partial charge on any atom is -0.342 e. The fourth-order valence-electron chi connectivity index (χ4n) is 2.80. The summed E-state index contributed by atoms with van der Waals surface area (Å²) in [5.41, 5.74) is 4.05. The van der Waals surface area contributed by atoms with Gasteiger partial charge >= 0.3 is 0 Å². The third kappa shape index (κ3) is 3.62. The average Bonchev–Trinajstić information content (AvgIpc) is 3.14. The summed E-state index contributed by atoms with van der Waals surface area (Å²) in [6.45, 7) is 2.07. The van der Waals surface area contributed by atoms with E-state index in [4.69, 9.17) is 0 Å². The minimum absolute atomic E-state index is 0.0185. The normalized spacial score (nSPS) is 14.3. The predicted molar refractivity (Wildman–Crippen MR) is 92.7 cm³/mol. The maximum atomic E-state index is 12.5. The summed E-state index contributed by atoms with van der Waals surface area (Å²) in [6.07, 6.45) is 1.65. The van der Waals surface area contributed by atoms with Crippen LogP contribution in [0.15, 0.2) is 35.0 Å². The van der Waals surface area contributed by atoms with Gasteiger partial charge in [-0.25, -0.2) is 0 Å². The van der Waals surface area contributed by atoms with E-state index in [2.05, 4.69) is 29.1 Å². The molecular weight excluding hydrogens is 308 g/mol. The zero-order chi connectivity index (χ0) is 16.4. The number of anilines is 1. The molecule has 1 atom stereocenters. The van der Waals surface area contributed by atoms with Crippen LogP contribution < -0.4 is 5.32 Å². The Morgan fingerprint density at radius 3 is 2.91 bits per heavy atom. The third-order valence-corrected chi connectivity index (χ3v) is 5.05. The molecule has 1 aliphatic heterocycles. The number of fused-ring (bicyclic) bond motifs is 1. The molecule has 1 aromatic carbocycles. The van der Waals surface area contributed by atoms with Crippen LogP contribution in [0.4, 0.5) is 5.69 Å². The van der Waals surface area contributed by atoms with Crippen molar-refractivity contribution < 1.29 is 9.59 Å². The lowest BCUT2D eigenvalue weighted by molar-refractivity contribution is -0.130. The molecule has 0 radical (unpaired) electrons. The van der Waals surface area contributed by atoms with E-state index >= 15 is 0 Å². The zero-order valence-electron chi connectivity index (χ0n) is 13.3. The van der Waals surface area contributed by atoms with E-state index in [-0.39, 0.29) is 17.9 Å². The van der Waals surface area contributed by atoms with Crippen molar-refractivity contribution in [2.24, 2.45) is 0 Å². The quantitative estimate of drug-likeness (QED) is 0.917. The third-order valence-electron chi connectivity index (χ3n) is 4.32. The van der Waals surface area contributed by atoms with Gasteiger partial charge in [-0.05, 0) is 52.9 Å². The van der Waals surface area contributed by atoms with Gasteiger partial charge in [0.15, 0.2) is 0 Å². The SMILES string of the molecule is C[C@H](Cc1ccsc1)N(C)C(=O)Cc1ccc2c(c1)NC(=O)C2. The van der Waals surface area contributed by atoms with Crippen LogP contribution in [0.2, 0.25) is 0 Å². The first-order chi connectivity index (χ1) is 11.0. The fraction of sp³-hybridized carbons (Fsp3) is 0.333. The Labute approximate surface area is 140 Å². The molecule has 1 aromatic heterocycles. The summed E-state index contributed by atoms with van der Waals surface area (Å²) in [7, 11) is 1.86. The van der Waals surface area contributed by atoms with Gasteiger partial charge in [-0.1, -0.05) is 12.1 Å². The van der Waals surface area contributed by atoms with Crippen LogP contribution in [-0.2, 0) is 28.9 Å². The zero-order valence-corrected chi connectivity index (χ0v) is 14.2. The molecule has 5 heteroatoms. The van der Waals surface area contributed by atoms with E-state index < -0.39 is 0 Å². The van der Waals surface area contributed by atoms with Gasteiger partial charge in [-0.2, -0.15) is 11.3 Å². The summed E-state index contributed by atoms with van der Waals surface area (Å²) < 4.78 is 0. The van der Waals surface area contributed by atoms with Crippen molar-refractivity contribution in [1.82, 2.24) is 4.90 Å².